The summed E-state index contributed by atoms with van der Waals surface area (Å²) in [6.45, 7) is 9.52. The number of hydrogen-bond donors (Lipinski definition) is 4. The lowest BCUT2D eigenvalue weighted by molar-refractivity contribution is -0.121. The maximum atomic E-state index is 12.6. The van der Waals surface area contributed by atoms with Gasteiger partial charge in [-0.15, -0.1) is 6.42 Å². The van der Waals surface area contributed by atoms with Gasteiger partial charge in [0, 0.05) is 38.5 Å². The van der Waals surface area contributed by atoms with Crippen molar-refractivity contribution in [2.75, 3.05) is 45.9 Å². The highest BCUT2D eigenvalue weighted by Crippen LogP contribution is 2.21. The van der Waals surface area contributed by atoms with Crippen molar-refractivity contribution in [2.45, 2.75) is 63.4 Å². The Labute approximate surface area is 229 Å². The molecule has 1 aromatic rings. The predicted octanol–water partition coefficient (Wildman–Crippen LogP) is 1.10. The largest absolute Gasteiger partial charge is 0.367 e. The van der Waals surface area contributed by atoms with Crippen LogP contribution in [0.4, 0.5) is 0 Å². The van der Waals surface area contributed by atoms with Crippen LogP contribution in [0.15, 0.2) is 24.3 Å². The van der Waals surface area contributed by atoms with Gasteiger partial charge in [0.05, 0.1) is 17.1 Å². The van der Waals surface area contributed by atoms with Gasteiger partial charge in [-0.1, -0.05) is 30.2 Å². The van der Waals surface area contributed by atoms with E-state index in [4.69, 9.17) is 11.2 Å². The average Bonchev–Trinajstić information content (AvgIpc) is 2.85. The van der Waals surface area contributed by atoms with Crippen LogP contribution in [0.1, 0.15) is 57.6 Å². The average molecular weight is 573 g/mol. The molecule has 0 saturated carbocycles. The fourth-order valence-corrected chi connectivity index (χ4v) is 4.78. The van der Waals surface area contributed by atoms with Gasteiger partial charge >= 0.3 is 0 Å². The van der Waals surface area contributed by atoms with Crippen LogP contribution in [0.2, 0.25) is 0 Å². The third-order valence-electron chi connectivity index (χ3n) is 5.83. The number of carbonyl (C=O) groups is 1. The second-order valence-electron chi connectivity index (χ2n) is 9.53. The van der Waals surface area contributed by atoms with Gasteiger partial charge in [-0.3, -0.25) is 4.79 Å². The first-order valence-electron chi connectivity index (χ1n) is 12.9. The Morgan fingerprint density at radius 3 is 2.16 bits per heavy atom. The number of sulfonamides is 2. The smallest absolute Gasteiger partial charge is 0.220 e. The van der Waals surface area contributed by atoms with Crippen LogP contribution in [0.5, 0.6) is 0 Å². The van der Waals surface area contributed by atoms with Crippen molar-refractivity contribution >= 4 is 26.0 Å². The number of amides is 1. The molecule has 0 heterocycles. The van der Waals surface area contributed by atoms with E-state index < -0.39 is 30.5 Å². The normalized spacial score (nSPS) is 13.0. The summed E-state index contributed by atoms with van der Waals surface area (Å²) in [5, 5.41) is 5.02. The summed E-state index contributed by atoms with van der Waals surface area (Å²) in [4.78, 5) is 12.6. The highest BCUT2D eigenvalue weighted by atomic mass is 32.2. The molecule has 0 radical (unpaired) electrons. The number of hydrogen-bond acceptors (Lipinski definition) is 7. The molecule has 1 aromatic carbocycles. The number of terminal acetylenes is 1. The Hall–Kier alpha value is -2.01. The van der Waals surface area contributed by atoms with Gasteiger partial charge in [0.15, 0.2) is 0 Å². The van der Waals surface area contributed by atoms with E-state index in [0.717, 1.165) is 17.5 Å². The monoisotopic (exact) mass is 572 g/mol. The van der Waals surface area contributed by atoms with Crippen molar-refractivity contribution in [3.63, 3.8) is 0 Å². The van der Waals surface area contributed by atoms with E-state index in [0.29, 0.717) is 32.7 Å². The van der Waals surface area contributed by atoms with E-state index in [1.165, 1.54) is 0 Å². The molecule has 1 rings (SSSR count). The lowest BCUT2D eigenvalue weighted by Crippen LogP contribution is -2.36. The Balaban J connectivity index is 2.67. The van der Waals surface area contributed by atoms with Crippen LogP contribution in [-0.2, 0) is 36.0 Å². The molecule has 1 amide bonds. The number of nitrogens with one attached hydrogen (secondary N) is 4. The summed E-state index contributed by atoms with van der Waals surface area (Å²) >= 11 is 0. The standard InChI is InChI=1S/C26H44N4O6S2/c1-6-17-36-18-16-27-13-7-14-28-26(31)19-25(20-30-38(34,35)22(4)5)24-10-8-23(9-11-24)12-15-29-37(32,33)21(2)3/h1,8-11,21-22,25,27,29-30H,7,12-20H2,2-5H3,(H,28,31). The minimum Gasteiger partial charge on any atom is -0.367 e. The Morgan fingerprint density at radius 2 is 1.55 bits per heavy atom. The molecule has 216 valence electrons. The maximum absolute atomic E-state index is 12.6. The molecule has 0 saturated heterocycles. The van der Waals surface area contributed by atoms with Crippen LogP contribution in [0.25, 0.3) is 0 Å². The molecule has 0 aliphatic heterocycles. The molecule has 0 aliphatic rings. The van der Waals surface area contributed by atoms with Crippen molar-refractivity contribution < 1.29 is 26.4 Å². The van der Waals surface area contributed by atoms with Gasteiger partial charge in [-0.25, -0.2) is 26.3 Å². The molecule has 0 bridgehead atoms. The third-order valence-corrected chi connectivity index (χ3v) is 9.49. The molecule has 10 nitrogen and oxygen atoms in total. The molecule has 1 atom stereocenters. The molecule has 12 heteroatoms. The van der Waals surface area contributed by atoms with Crippen LogP contribution in [0.3, 0.4) is 0 Å². The Kier molecular flexibility index (Phi) is 15.7. The summed E-state index contributed by atoms with van der Waals surface area (Å²) in [7, 11) is -6.82. The SMILES string of the molecule is C#CCOCCNCCCNC(=O)CC(CNS(=O)(=O)C(C)C)c1ccc(CCNS(=O)(=O)C(C)C)cc1. The lowest BCUT2D eigenvalue weighted by atomic mass is 9.94. The first-order valence-corrected chi connectivity index (χ1v) is 16.0. The minimum atomic E-state index is -3.49. The molecule has 0 aliphatic carbocycles. The van der Waals surface area contributed by atoms with Crippen molar-refractivity contribution in [3.8, 4) is 12.3 Å². The number of rotatable bonds is 20. The number of ether oxygens (including phenoxy) is 1. The molecule has 4 N–H and O–H groups in total. The van der Waals surface area contributed by atoms with Gasteiger partial charge in [0.2, 0.25) is 26.0 Å². The van der Waals surface area contributed by atoms with E-state index in [1.54, 1.807) is 27.7 Å². The zero-order chi connectivity index (χ0) is 28.6. The summed E-state index contributed by atoms with van der Waals surface area (Å²) in [6.07, 6.45) is 6.50. The third kappa shape index (κ3) is 13.7. The fraction of sp³-hybridized carbons (Fsp3) is 0.654. The van der Waals surface area contributed by atoms with E-state index in [9.17, 15) is 21.6 Å². The molecule has 1 unspecified atom stereocenters. The highest BCUT2D eigenvalue weighted by Gasteiger charge is 2.21. The predicted molar refractivity (Wildman–Crippen MR) is 152 cm³/mol. The zero-order valence-electron chi connectivity index (χ0n) is 23.0. The fourth-order valence-electron chi connectivity index (χ4n) is 3.29. The highest BCUT2D eigenvalue weighted by molar-refractivity contribution is 7.90. The quantitative estimate of drug-likeness (QED) is 0.135. The molecular weight excluding hydrogens is 528 g/mol. The Bertz CT molecular complexity index is 1080. The second-order valence-corrected chi connectivity index (χ2v) is 14.2. The Morgan fingerprint density at radius 1 is 0.921 bits per heavy atom. The van der Waals surface area contributed by atoms with E-state index in [-0.39, 0.29) is 37.9 Å². The van der Waals surface area contributed by atoms with Crippen LogP contribution >= 0.6 is 0 Å². The number of carbonyl (C=O) groups excluding carboxylic acids is 1. The van der Waals surface area contributed by atoms with Gasteiger partial charge in [0.25, 0.3) is 0 Å². The van der Waals surface area contributed by atoms with Gasteiger partial charge < -0.3 is 15.4 Å². The zero-order valence-corrected chi connectivity index (χ0v) is 24.6. The van der Waals surface area contributed by atoms with Gasteiger partial charge in [-0.2, -0.15) is 0 Å². The van der Waals surface area contributed by atoms with Crippen LogP contribution in [-0.4, -0.2) is 79.2 Å². The first-order chi connectivity index (χ1) is 17.9. The molecule has 0 aromatic heterocycles. The van der Waals surface area contributed by atoms with Crippen molar-refractivity contribution in [3.05, 3.63) is 35.4 Å². The van der Waals surface area contributed by atoms with Crippen molar-refractivity contribution in [1.82, 2.24) is 20.1 Å². The van der Waals surface area contributed by atoms with Crippen molar-refractivity contribution in [1.29, 1.82) is 0 Å². The molecule has 0 spiro atoms. The maximum Gasteiger partial charge on any atom is 0.220 e. The van der Waals surface area contributed by atoms with Gasteiger partial charge in [-0.05, 0) is 58.2 Å². The number of benzene rings is 1. The minimum absolute atomic E-state index is 0.0979. The molecule has 0 fully saturated rings. The summed E-state index contributed by atoms with van der Waals surface area (Å²) in [5.41, 5.74) is 1.76. The molecule has 38 heavy (non-hydrogen) atoms. The second kappa shape index (κ2) is 17.6. The van der Waals surface area contributed by atoms with Gasteiger partial charge in [0.1, 0.15) is 6.61 Å². The summed E-state index contributed by atoms with van der Waals surface area (Å²) < 4.78 is 58.9. The lowest BCUT2D eigenvalue weighted by Gasteiger charge is -2.19. The topological polar surface area (TPSA) is 143 Å². The van der Waals surface area contributed by atoms with E-state index >= 15 is 0 Å². The van der Waals surface area contributed by atoms with Crippen LogP contribution < -0.4 is 20.1 Å². The van der Waals surface area contributed by atoms with Crippen LogP contribution in [0, 0.1) is 12.3 Å². The van der Waals surface area contributed by atoms with E-state index in [1.807, 2.05) is 24.3 Å². The first kappa shape index (κ1) is 34.0. The summed E-state index contributed by atoms with van der Waals surface area (Å²) in [5.74, 6) is 1.88. The molecular formula is C26H44N4O6S2. The summed E-state index contributed by atoms with van der Waals surface area (Å²) in [6, 6.07) is 7.47. The van der Waals surface area contributed by atoms with E-state index in [2.05, 4.69) is 26.0 Å². The van der Waals surface area contributed by atoms with Crippen molar-refractivity contribution in [2.24, 2.45) is 0 Å².